The van der Waals surface area contributed by atoms with Gasteiger partial charge < -0.3 is 25.3 Å². The summed E-state index contributed by atoms with van der Waals surface area (Å²) >= 11 is 0. The molecule has 0 aromatic carbocycles. The first-order valence-corrected chi connectivity index (χ1v) is 10.5. The number of aromatic amines is 1. The van der Waals surface area contributed by atoms with Crippen molar-refractivity contribution in [2.45, 2.75) is 38.1 Å². The van der Waals surface area contributed by atoms with Gasteiger partial charge >= 0.3 is 6.18 Å². The van der Waals surface area contributed by atoms with Crippen molar-refractivity contribution in [3.05, 3.63) is 30.6 Å². The average Bonchev–Trinajstić information content (AvgIpc) is 3.19. The van der Waals surface area contributed by atoms with Crippen LogP contribution in [-0.4, -0.2) is 76.7 Å². The first kappa shape index (κ1) is 24.5. The molecule has 0 unspecified atom stereocenters. The molecule has 1 fully saturated rings. The Balaban J connectivity index is 1.68. The number of aromatic nitrogens is 3. The molecule has 0 radical (unpaired) electrons. The van der Waals surface area contributed by atoms with Crippen LogP contribution in [0, 0.1) is 5.92 Å². The molecule has 2 aromatic rings. The summed E-state index contributed by atoms with van der Waals surface area (Å²) in [6.07, 6.45) is -0.740. The van der Waals surface area contributed by atoms with Crippen molar-refractivity contribution >= 4 is 28.8 Å². The molecular formula is C21H27F3N6O3. The molecule has 1 aliphatic rings. The molecule has 1 aliphatic heterocycles. The number of fused-ring (bicyclic) bond motifs is 1. The van der Waals surface area contributed by atoms with Crippen LogP contribution in [0.5, 0.6) is 0 Å². The van der Waals surface area contributed by atoms with E-state index in [9.17, 15) is 22.8 Å². The zero-order valence-corrected chi connectivity index (χ0v) is 18.4. The van der Waals surface area contributed by atoms with Gasteiger partial charge in [-0.15, -0.1) is 0 Å². The van der Waals surface area contributed by atoms with E-state index in [1.807, 2.05) is 0 Å². The second kappa shape index (κ2) is 10.2. The molecule has 0 saturated carbocycles. The highest BCUT2D eigenvalue weighted by Gasteiger charge is 2.32. The lowest BCUT2D eigenvalue weighted by Gasteiger charge is -2.37. The van der Waals surface area contributed by atoms with Crippen LogP contribution in [0.25, 0.3) is 11.2 Å². The van der Waals surface area contributed by atoms with Crippen molar-refractivity contribution in [3.8, 4) is 0 Å². The molecule has 12 heteroatoms. The summed E-state index contributed by atoms with van der Waals surface area (Å²) in [5, 5.41) is 5.78. The van der Waals surface area contributed by atoms with Crippen molar-refractivity contribution in [2.24, 2.45) is 5.92 Å². The van der Waals surface area contributed by atoms with Gasteiger partial charge in [0.05, 0.1) is 23.9 Å². The number of hydrogen-bond acceptors (Lipinski definition) is 6. The summed E-state index contributed by atoms with van der Waals surface area (Å²) < 4.78 is 43.1. The summed E-state index contributed by atoms with van der Waals surface area (Å²) in [5.41, 5.74) is 0.869. The Morgan fingerprint density at radius 3 is 2.88 bits per heavy atom. The Labute approximate surface area is 188 Å². The third-order valence-corrected chi connectivity index (χ3v) is 5.50. The number of ether oxygens (including phenoxy) is 1. The van der Waals surface area contributed by atoms with Crippen LogP contribution in [0.2, 0.25) is 0 Å². The van der Waals surface area contributed by atoms with E-state index in [-0.39, 0.29) is 30.2 Å². The molecular weight excluding hydrogens is 441 g/mol. The van der Waals surface area contributed by atoms with Gasteiger partial charge in [0.2, 0.25) is 5.91 Å². The number of rotatable bonds is 8. The van der Waals surface area contributed by atoms with E-state index in [0.717, 1.165) is 0 Å². The van der Waals surface area contributed by atoms with Gasteiger partial charge in [-0.1, -0.05) is 13.5 Å². The molecule has 3 rings (SSSR count). The van der Waals surface area contributed by atoms with Crippen LogP contribution in [0.15, 0.2) is 25.0 Å². The molecule has 0 bridgehead atoms. The van der Waals surface area contributed by atoms with E-state index in [1.54, 1.807) is 12.0 Å². The van der Waals surface area contributed by atoms with E-state index >= 15 is 0 Å². The smallest absolute Gasteiger partial charge is 0.377 e. The van der Waals surface area contributed by atoms with Gasteiger partial charge in [0.15, 0.2) is 5.65 Å². The minimum absolute atomic E-state index is 0.117. The van der Waals surface area contributed by atoms with Crippen molar-refractivity contribution in [1.82, 2.24) is 25.2 Å². The van der Waals surface area contributed by atoms with Crippen LogP contribution in [0.4, 0.5) is 19.0 Å². The molecule has 9 nitrogen and oxygen atoms in total. The fourth-order valence-electron chi connectivity index (χ4n) is 3.80. The molecule has 180 valence electrons. The van der Waals surface area contributed by atoms with E-state index < -0.39 is 24.4 Å². The lowest BCUT2D eigenvalue weighted by atomic mass is 10.0. The molecule has 0 spiro atoms. The van der Waals surface area contributed by atoms with Crippen molar-refractivity contribution in [2.75, 3.05) is 32.1 Å². The second-order valence-electron chi connectivity index (χ2n) is 8.09. The number of hydrogen-bond donors (Lipinski definition) is 3. The first-order chi connectivity index (χ1) is 15.6. The highest BCUT2D eigenvalue weighted by molar-refractivity contribution is 6.04. The Hall–Kier alpha value is -3.15. The topological polar surface area (TPSA) is 112 Å². The predicted octanol–water partition coefficient (Wildman–Crippen LogP) is 2.49. The number of likely N-dealkylation sites (tertiary alicyclic amines) is 1. The normalized spacial score (nSPS) is 19.8. The largest absolute Gasteiger partial charge is 0.389 e. The zero-order valence-electron chi connectivity index (χ0n) is 18.4. The fraction of sp³-hybridized carbons (Fsp3) is 0.524. The van der Waals surface area contributed by atoms with Gasteiger partial charge in [-0.05, 0) is 18.4 Å². The summed E-state index contributed by atoms with van der Waals surface area (Å²) in [4.78, 5) is 37.7. The van der Waals surface area contributed by atoms with Gasteiger partial charge in [0.1, 0.15) is 11.3 Å². The lowest BCUT2D eigenvalue weighted by molar-refractivity contribution is -0.142. The fourth-order valence-corrected chi connectivity index (χ4v) is 3.80. The number of alkyl halides is 3. The van der Waals surface area contributed by atoms with Gasteiger partial charge in [0, 0.05) is 39.4 Å². The van der Waals surface area contributed by atoms with E-state index in [2.05, 4.69) is 32.2 Å². The highest BCUT2D eigenvalue weighted by Crippen LogP contribution is 2.24. The number of H-pyrrole nitrogens is 1. The van der Waals surface area contributed by atoms with Gasteiger partial charge in [-0.2, -0.15) is 13.2 Å². The summed E-state index contributed by atoms with van der Waals surface area (Å²) in [5.74, 6) is -1.04. The summed E-state index contributed by atoms with van der Waals surface area (Å²) in [7, 11) is 1.56. The molecule has 3 N–H and O–H groups in total. The summed E-state index contributed by atoms with van der Waals surface area (Å²) in [6, 6.07) is -0.143. The van der Waals surface area contributed by atoms with Crippen LogP contribution >= 0.6 is 0 Å². The Morgan fingerprint density at radius 1 is 1.45 bits per heavy atom. The third-order valence-electron chi connectivity index (χ3n) is 5.50. The third kappa shape index (κ3) is 6.21. The molecule has 3 atom stereocenters. The average molecular weight is 468 g/mol. The molecule has 2 amide bonds. The number of piperidine rings is 1. The van der Waals surface area contributed by atoms with Crippen molar-refractivity contribution in [1.29, 1.82) is 0 Å². The van der Waals surface area contributed by atoms with Crippen molar-refractivity contribution in [3.63, 3.8) is 0 Å². The predicted molar refractivity (Wildman–Crippen MR) is 116 cm³/mol. The standard InChI is InChI=1S/C21H27F3N6O3/c1-4-17(31)30-6-5-14(15(11-30)33-3)28-16-10-26-19-18(29-16)13(9-25-19)20(32)27-8-12(2)7-21(22,23)24/h4,9-10,12,14-15H,1,5-8,11H2,2-3H3,(H,25,26)(H,27,32)(H,28,29)/t12-,14-,15+/m1/s1. The number of amides is 2. The minimum atomic E-state index is -4.29. The number of methoxy groups -OCH3 is 1. The zero-order chi connectivity index (χ0) is 24.2. The molecule has 1 saturated heterocycles. The highest BCUT2D eigenvalue weighted by atomic mass is 19.4. The molecule has 3 heterocycles. The van der Waals surface area contributed by atoms with Gasteiger partial charge in [-0.3, -0.25) is 9.59 Å². The SMILES string of the molecule is C=CC(=O)N1CC[C@@H](Nc2cnc3[nH]cc(C(=O)NC[C@H](C)CC(F)(F)F)c3n2)[C@@H](OC)C1. The van der Waals surface area contributed by atoms with Gasteiger partial charge in [-0.25, -0.2) is 9.97 Å². The maximum absolute atomic E-state index is 12.6. The minimum Gasteiger partial charge on any atom is -0.377 e. The van der Waals surface area contributed by atoms with Crippen LogP contribution in [-0.2, 0) is 9.53 Å². The van der Waals surface area contributed by atoms with Crippen LogP contribution in [0.1, 0.15) is 30.1 Å². The van der Waals surface area contributed by atoms with Crippen molar-refractivity contribution < 1.29 is 27.5 Å². The Bertz CT molecular complexity index is 1010. The molecule has 2 aromatic heterocycles. The van der Waals surface area contributed by atoms with E-state index in [0.29, 0.717) is 36.5 Å². The van der Waals surface area contributed by atoms with Crippen LogP contribution in [0.3, 0.4) is 0 Å². The maximum Gasteiger partial charge on any atom is 0.389 e. The number of nitrogens with zero attached hydrogens (tertiary/aromatic N) is 3. The Morgan fingerprint density at radius 2 is 2.21 bits per heavy atom. The number of nitrogens with one attached hydrogen (secondary N) is 3. The lowest BCUT2D eigenvalue weighted by Crippen LogP contribution is -2.52. The second-order valence-corrected chi connectivity index (χ2v) is 8.09. The van der Waals surface area contributed by atoms with Gasteiger partial charge in [0.25, 0.3) is 5.91 Å². The number of carbonyl (C=O) groups excluding carboxylic acids is 2. The number of anilines is 1. The molecule has 33 heavy (non-hydrogen) atoms. The number of halogens is 3. The summed E-state index contributed by atoms with van der Waals surface area (Å²) in [6.45, 7) is 5.72. The Kier molecular flexibility index (Phi) is 7.57. The quantitative estimate of drug-likeness (QED) is 0.514. The molecule has 0 aliphatic carbocycles. The van der Waals surface area contributed by atoms with E-state index in [1.165, 1.54) is 25.4 Å². The monoisotopic (exact) mass is 468 g/mol. The first-order valence-electron chi connectivity index (χ1n) is 10.5. The van der Waals surface area contributed by atoms with Crippen LogP contribution < -0.4 is 10.6 Å². The maximum atomic E-state index is 12.6. The number of carbonyl (C=O) groups is 2. The van der Waals surface area contributed by atoms with E-state index in [4.69, 9.17) is 4.74 Å².